The summed E-state index contributed by atoms with van der Waals surface area (Å²) < 4.78 is 5.45. The molecule has 0 radical (unpaired) electrons. The summed E-state index contributed by atoms with van der Waals surface area (Å²) in [5, 5.41) is 9.99. The van der Waals surface area contributed by atoms with Crippen molar-refractivity contribution in [2.75, 3.05) is 39.4 Å². The average Bonchev–Trinajstić information content (AvgIpc) is 3.11. The van der Waals surface area contributed by atoms with Crippen molar-refractivity contribution < 1.29 is 14.6 Å². The smallest absolute Gasteiger partial charge is 0.312 e. The van der Waals surface area contributed by atoms with Gasteiger partial charge in [-0.25, -0.2) is 0 Å². The van der Waals surface area contributed by atoms with Crippen LogP contribution in [0.5, 0.6) is 0 Å². The van der Waals surface area contributed by atoms with Crippen molar-refractivity contribution in [3.63, 3.8) is 0 Å². The highest BCUT2D eigenvalue weighted by Gasteiger charge is 2.58. The zero-order valence-corrected chi connectivity index (χ0v) is 13.9. The highest BCUT2D eigenvalue weighted by atomic mass is 16.5. The second-order valence-corrected chi connectivity index (χ2v) is 7.46. The molecule has 6 nitrogen and oxygen atoms in total. The lowest BCUT2D eigenvalue weighted by Crippen LogP contribution is -2.44. The summed E-state index contributed by atoms with van der Waals surface area (Å²) in [7, 11) is 0. The lowest BCUT2D eigenvalue weighted by atomic mass is 9.81. The van der Waals surface area contributed by atoms with E-state index in [0.29, 0.717) is 19.1 Å². The van der Waals surface area contributed by atoms with Crippen molar-refractivity contribution >= 4 is 5.97 Å². The van der Waals surface area contributed by atoms with Crippen LogP contribution < -0.4 is 0 Å². The third kappa shape index (κ3) is 2.83. The molecule has 3 aliphatic heterocycles. The second-order valence-electron chi connectivity index (χ2n) is 7.46. The van der Waals surface area contributed by atoms with Crippen LogP contribution in [0.15, 0.2) is 24.5 Å². The van der Waals surface area contributed by atoms with E-state index in [4.69, 9.17) is 4.74 Å². The number of fused-ring (bicyclic) bond motifs is 1. The van der Waals surface area contributed by atoms with E-state index in [-0.39, 0.29) is 5.92 Å². The molecule has 1 N–H and O–H groups in total. The Morgan fingerprint density at radius 3 is 2.67 bits per heavy atom. The van der Waals surface area contributed by atoms with Crippen molar-refractivity contribution in [1.82, 2.24) is 14.8 Å². The van der Waals surface area contributed by atoms with Crippen LogP contribution in [0.2, 0.25) is 0 Å². The summed E-state index contributed by atoms with van der Waals surface area (Å²) in [5.74, 6) is -0.404. The topological polar surface area (TPSA) is 65.9 Å². The Morgan fingerprint density at radius 2 is 2.00 bits per heavy atom. The van der Waals surface area contributed by atoms with Crippen LogP contribution in [0, 0.1) is 11.3 Å². The van der Waals surface area contributed by atoms with Crippen LogP contribution in [0.25, 0.3) is 0 Å². The van der Waals surface area contributed by atoms with E-state index in [1.54, 1.807) is 12.4 Å². The van der Waals surface area contributed by atoms with Gasteiger partial charge in [0.15, 0.2) is 0 Å². The third-order valence-electron chi connectivity index (χ3n) is 5.99. The molecule has 0 spiro atoms. The van der Waals surface area contributed by atoms with Gasteiger partial charge >= 0.3 is 5.97 Å². The number of likely N-dealkylation sites (tertiary alicyclic amines) is 2. The molecule has 0 aliphatic carbocycles. The summed E-state index contributed by atoms with van der Waals surface area (Å²) in [4.78, 5) is 20.9. The zero-order chi connectivity index (χ0) is 16.6. The molecule has 1 aromatic heterocycles. The van der Waals surface area contributed by atoms with Gasteiger partial charge in [0.25, 0.3) is 0 Å². The van der Waals surface area contributed by atoms with E-state index in [0.717, 1.165) is 45.7 Å². The molecule has 4 rings (SSSR count). The summed E-state index contributed by atoms with van der Waals surface area (Å²) in [5.41, 5.74) is 0.595. The van der Waals surface area contributed by atoms with Crippen LogP contribution >= 0.6 is 0 Å². The lowest BCUT2D eigenvalue weighted by Gasteiger charge is -2.33. The molecule has 4 heterocycles. The van der Waals surface area contributed by atoms with Crippen molar-refractivity contribution in [2.24, 2.45) is 11.3 Å². The molecule has 1 aromatic rings. The van der Waals surface area contributed by atoms with Gasteiger partial charge in [-0.05, 0) is 30.5 Å². The molecule has 3 saturated heterocycles. The van der Waals surface area contributed by atoms with E-state index in [1.807, 2.05) is 12.1 Å². The van der Waals surface area contributed by atoms with Crippen LogP contribution in [0.3, 0.4) is 0 Å². The molecule has 2 unspecified atom stereocenters. The van der Waals surface area contributed by atoms with Crippen LogP contribution in [-0.4, -0.2) is 71.3 Å². The van der Waals surface area contributed by atoms with Gasteiger partial charge in [0, 0.05) is 70.3 Å². The second kappa shape index (κ2) is 6.43. The molecule has 24 heavy (non-hydrogen) atoms. The first-order valence-corrected chi connectivity index (χ1v) is 8.84. The van der Waals surface area contributed by atoms with Crippen LogP contribution in [-0.2, 0) is 16.1 Å². The monoisotopic (exact) mass is 331 g/mol. The molecule has 130 valence electrons. The molecule has 0 bridgehead atoms. The van der Waals surface area contributed by atoms with Gasteiger partial charge in [0.1, 0.15) is 0 Å². The minimum Gasteiger partial charge on any atom is -0.481 e. The third-order valence-corrected chi connectivity index (χ3v) is 5.99. The van der Waals surface area contributed by atoms with Gasteiger partial charge in [-0.2, -0.15) is 0 Å². The average molecular weight is 331 g/mol. The fraction of sp³-hybridized carbons (Fsp3) is 0.667. The summed E-state index contributed by atoms with van der Waals surface area (Å²) in [6.07, 6.45) is 5.66. The minimum atomic E-state index is -0.626. The summed E-state index contributed by atoms with van der Waals surface area (Å²) in [6.45, 7) is 5.53. The maximum Gasteiger partial charge on any atom is 0.312 e. The molecule has 0 saturated carbocycles. The lowest BCUT2D eigenvalue weighted by molar-refractivity contribution is -0.149. The minimum absolute atomic E-state index is 0.222. The number of carboxylic acid groups (broad SMARTS) is 1. The molecule has 6 heteroatoms. The van der Waals surface area contributed by atoms with E-state index in [9.17, 15) is 9.90 Å². The molecule has 0 amide bonds. The predicted molar refractivity (Wildman–Crippen MR) is 88.5 cm³/mol. The number of hydrogen-bond acceptors (Lipinski definition) is 5. The van der Waals surface area contributed by atoms with E-state index < -0.39 is 11.4 Å². The Bertz CT molecular complexity index is 590. The number of carboxylic acids is 1. The van der Waals surface area contributed by atoms with E-state index in [2.05, 4.69) is 14.8 Å². The predicted octanol–water partition coefficient (Wildman–Crippen LogP) is 1.08. The van der Waals surface area contributed by atoms with Gasteiger partial charge in [0.2, 0.25) is 0 Å². The fourth-order valence-corrected chi connectivity index (χ4v) is 4.71. The van der Waals surface area contributed by atoms with Gasteiger partial charge in [-0.15, -0.1) is 0 Å². The molecular weight excluding hydrogens is 306 g/mol. The highest BCUT2D eigenvalue weighted by Crippen LogP contribution is 2.44. The summed E-state index contributed by atoms with van der Waals surface area (Å²) >= 11 is 0. The number of nitrogens with zero attached hydrogens (tertiary/aromatic N) is 3. The van der Waals surface area contributed by atoms with Crippen molar-refractivity contribution in [1.29, 1.82) is 0 Å². The molecule has 2 atom stereocenters. The first-order valence-electron chi connectivity index (χ1n) is 8.84. The van der Waals surface area contributed by atoms with Gasteiger partial charge < -0.3 is 9.84 Å². The largest absolute Gasteiger partial charge is 0.481 e. The highest BCUT2D eigenvalue weighted by molar-refractivity contribution is 5.77. The number of hydrogen-bond donors (Lipinski definition) is 1. The van der Waals surface area contributed by atoms with Gasteiger partial charge in [0.05, 0.1) is 5.41 Å². The quantitative estimate of drug-likeness (QED) is 0.891. The van der Waals surface area contributed by atoms with Crippen LogP contribution in [0.1, 0.15) is 18.4 Å². The fourth-order valence-electron chi connectivity index (χ4n) is 4.71. The number of aromatic nitrogens is 1. The van der Waals surface area contributed by atoms with Gasteiger partial charge in [-0.1, -0.05) is 0 Å². The Kier molecular flexibility index (Phi) is 4.28. The Morgan fingerprint density at radius 1 is 1.25 bits per heavy atom. The van der Waals surface area contributed by atoms with E-state index >= 15 is 0 Å². The number of ether oxygens (including phenoxy) is 1. The standard InChI is InChI=1S/C18H25N3O3/c22-17(23)18-12-20(9-14-1-5-19-6-2-14)10-15(18)11-21(13-18)16-3-7-24-8-4-16/h1-2,5-6,15-16H,3-4,7-13H2,(H,22,23). The van der Waals surface area contributed by atoms with E-state index in [1.165, 1.54) is 5.56 Å². The Hall–Kier alpha value is -1.50. The first-order chi connectivity index (χ1) is 11.7. The molecule has 3 fully saturated rings. The van der Waals surface area contributed by atoms with Crippen molar-refractivity contribution in [2.45, 2.75) is 25.4 Å². The first kappa shape index (κ1) is 16.0. The van der Waals surface area contributed by atoms with Crippen molar-refractivity contribution in [3.8, 4) is 0 Å². The number of aliphatic carboxylic acids is 1. The molecular formula is C18H25N3O3. The number of carbonyl (C=O) groups is 1. The summed E-state index contributed by atoms with van der Waals surface area (Å²) in [6, 6.07) is 4.51. The SMILES string of the molecule is O=C(O)C12CN(Cc3ccncc3)CC1CN(C1CCOCC1)C2. The Balaban J connectivity index is 1.46. The molecule has 3 aliphatic rings. The van der Waals surface area contributed by atoms with Crippen molar-refractivity contribution in [3.05, 3.63) is 30.1 Å². The van der Waals surface area contributed by atoms with Crippen LogP contribution in [0.4, 0.5) is 0 Å². The number of rotatable bonds is 4. The number of pyridine rings is 1. The molecule has 0 aromatic carbocycles. The normalized spacial score (nSPS) is 32.1. The zero-order valence-electron chi connectivity index (χ0n) is 13.9. The maximum absolute atomic E-state index is 12.1. The van der Waals surface area contributed by atoms with Gasteiger partial charge in [-0.3, -0.25) is 19.6 Å². The Labute approximate surface area is 142 Å². The maximum atomic E-state index is 12.1.